The molecular formula is C29H25N3O3. The summed E-state index contributed by atoms with van der Waals surface area (Å²) in [7, 11) is 3.33. The van der Waals surface area contributed by atoms with Crippen LogP contribution in [0.5, 0.6) is 5.75 Å². The minimum atomic E-state index is -0.478. The molecule has 0 aliphatic rings. The minimum Gasteiger partial charge on any atom is -0.497 e. The van der Waals surface area contributed by atoms with Gasteiger partial charge in [-0.2, -0.15) is 0 Å². The van der Waals surface area contributed by atoms with Crippen LogP contribution in [0.15, 0.2) is 95.8 Å². The summed E-state index contributed by atoms with van der Waals surface area (Å²) in [5, 5.41) is 2.59. The van der Waals surface area contributed by atoms with Crippen LogP contribution in [0.1, 0.15) is 29.1 Å². The Morgan fingerprint density at radius 2 is 1.60 bits per heavy atom. The van der Waals surface area contributed by atoms with Crippen LogP contribution in [0.4, 0.5) is 0 Å². The van der Waals surface area contributed by atoms with Gasteiger partial charge in [-0.1, -0.05) is 42.5 Å². The predicted molar refractivity (Wildman–Crippen MR) is 138 cm³/mol. The molecule has 0 fully saturated rings. The second-order valence-electron chi connectivity index (χ2n) is 8.48. The second kappa shape index (κ2) is 9.06. The topological polar surface area (TPSA) is 64.4 Å². The van der Waals surface area contributed by atoms with E-state index in [-0.39, 0.29) is 11.5 Å². The number of hydrogen-bond donors (Lipinski definition) is 0. The lowest BCUT2D eigenvalue weighted by Gasteiger charge is -2.27. The van der Waals surface area contributed by atoms with Crippen LogP contribution in [0, 0.1) is 0 Å². The molecule has 0 saturated carbocycles. The van der Waals surface area contributed by atoms with Crippen molar-refractivity contribution in [3.8, 4) is 11.4 Å². The Morgan fingerprint density at radius 3 is 2.34 bits per heavy atom. The predicted octanol–water partition coefficient (Wildman–Crippen LogP) is 5.38. The highest BCUT2D eigenvalue weighted by molar-refractivity contribution is 5.98. The molecule has 5 aromatic rings. The fraction of sp³-hybridized carbons (Fsp3) is 0.138. The third-order valence-electron chi connectivity index (χ3n) is 6.40. The lowest BCUT2D eigenvalue weighted by molar-refractivity contribution is 0.0735. The van der Waals surface area contributed by atoms with Crippen molar-refractivity contribution in [1.82, 2.24) is 14.5 Å². The third kappa shape index (κ3) is 4.04. The van der Waals surface area contributed by atoms with Gasteiger partial charge in [0, 0.05) is 12.6 Å². The maximum atomic E-state index is 13.6. The number of nitrogens with zero attached hydrogens (tertiary/aromatic N) is 3. The van der Waals surface area contributed by atoms with Gasteiger partial charge >= 0.3 is 0 Å². The molecule has 0 bridgehead atoms. The zero-order valence-electron chi connectivity index (χ0n) is 19.8. The van der Waals surface area contributed by atoms with Gasteiger partial charge in [0.2, 0.25) is 0 Å². The summed E-state index contributed by atoms with van der Waals surface area (Å²) < 4.78 is 6.86. The Morgan fingerprint density at radius 1 is 0.914 bits per heavy atom. The molecule has 6 heteroatoms. The Labute approximate surface area is 203 Å². The fourth-order valence-corrected chi connectivity index (χ4v) is 4.29. The molecule has 0 spiro atoms. The largest absolute Gasteiger partial charge is 0.497 e. The van der Waals surface area contributed by atoms with Crippen molar-refractivity contribution in [1.29, 1.82) is 0 Å². The van der Waals surface area contributed by atoms with E-state index in [2.05, 4.69) is 0 Å². The number of benzene rings is 4. The van der Waals surface area contributed by atoms with Gasteiger partial charge in [-0.3, -0.25) is 14.2 Å². The number of para-hydroxylation sites is 1. The number of fused-ring (bicyclic) bond motifs is 2. The molecule has 1 aromatic heterocycles. The summed E-state index contributed by atoms with van der Waals surface area (Å²) in [6.45, 7) is 1.88. The van der Waals surface area contributed by atoms with Gasteiger partial charge in [0.05, 0.1) is 29.7 Å². The molecule has 0 radical (unpaired) electrons. The van der Waals surface area contributed by atoms with E-state index in [1.165, 1.54) is 0 Å². The Bertz CT molecular complexity index is 1610. The molecule has 6 nitrogen and oxygen atoms in total. The molecule has 0 saturated heterocycles. The molecule has 0 aliphatic carbocycles. The van der Waals surface area contributed by atoms with Crippen molar-refractivity contribution in [2.24, 2.45) is 0 Å². The van der Waals surface area contributed by atoms with E-state index in [4.69, 9.17) is 9.72 Å². The summed E-state index contributed by atoms with van der Waals surface area (Å²) in [6, 6.07) is 27.6. The average molecular weight is 464 g/mol. The molecule has 0 aliphatic heterocycles. The fourth-order valence-electron chi connectivity index (χ4n) is 4.29. The van der Waals surface area contributed by atoms with Crippen LogP contribution in [0.2, 0.25) is 0 Å². The first kappa shape index (κ1) is 22.3. The van der Waals surface area contributed by atoms with Crippen LogP contribution in [0.25, 0.3) is 27.4 Å². The first-order chi connectivity index (χ1) is 17.0. The highest BCUT2D eigenvalue weighted by atomic mass is 16.5. The van der Waals surface area contributed by atoms with Gasteiger partial charge in [0.25, 0.3) is 11.5 Å². The van der Waals surface area contributed by atoms with E-state index in [9.17, 15) is 9.59 Å². The van der Waals surface area contributed by atoms with Crippen LogP contribution in [-0.4, -0.2) is 34.5 Å². The van der Waals surface area contributed by atoms with Crippen molar-refractivity contribution in [3.05, 3.63) is 113 Å². The van der Waals surface area contributed by atoms with E-state index in [0.717, 1.165) is 10.8 Å². The SMILES string of the molecule is COc1ccc(-n2c(C(C)N(C)C(=O)c3ccc4ccccc4c3)nc3ccccc3c2=O)cc1. The standard InChI is InChI=1S/C29H25N3O3/c1-19(31(2)28(33)22-13-12-20-8-4-5-9-21(20)18-22)27-30-26-11-7-6-10-25(26)29(34)32(27)23-14-16-24(35-3)17-15-23/h4-19H,1-3H3. The quantitative estimate of drug-likeness (QED) is 0.351. The number of ether oxygens (including phenoxy) is 1. The van der Waals surface area contributed by atoms with E-state index in [1.807, 2.05) is 79.7 Å². The van der Waals surface area contributed by atoms with Crippen LogP contribution >= 0.6 is 0 Å². The zero-order chi connectivity index (χ0) is 24.5. The molecule has 1 heterocycles. The molecule has 1 amide bonds. The van der Waals surface area contributed by atoms with Crippen LogP contribution in [0.3, 0.4) is 0 Å². The van der Waals surface area contributed by atoms with Gasteiger partial charge in [-0.25, -0.2) is 4.98 Å². The van der Waals surface area contributed by atoms with Crippen LogP contribution < -0.4 is 10.3 Å². The number of aromatic nitrogens is 2. The van der Waals surface area contributed by atoms with Crippen molar-refractivity contribution in [2.75, 3.05) is 14.2 Å². The highest BCUT2D eigenvalue weighted by Gasteiger charge is 2.25. The number of carbonyl (C=O) groups excluding carboxylic acids is 1. The molecular weight excluding hydrogens is 438 g/mol. The monoisotopic (exact) mass is 463 g/mol. The second-order valence-corrected chi connectivity index (χ2v) is 8.48. The molecule has 4 aromatic carbocycles. The molecule has 5 rings (SSSR count). The molecule has 1 unspecified atom stereocenters. The number of hydrogen-bond acceptors (Lipinski definition) is 4. The first-order valence-electron chi connectivity index (χ1n) is 11.4. The van der Waals surface area contributed by atoms with Crippen molar-refractivity contribution >= 4 is 27.6 Å². The summed E-state index contributed by atoms with van der Waals surface area (Å²) >= 11 is 0. The Hall–Kier alpha value is -4.45. The number of rotatable bonds is 5. The van der Waals surface area contributed by atoms with Gasteiger partial charge in [-0.15, -0.1) is 0 Å². The van der Waals surface area contributed by atoms with Gasteiger partial charge in [0.1, 0.15) is 11.6 Å². The highest BCUT2D eigenvalue weighted by Crippen LogP contribution is 2.25. The smallest absolute Gasteiger partial charge is 0.266 e. The summed E-state index contributed by atoms with van der Waals surface area (Å²) in [5.41, 5.74) is 1.64. The zero-order valence-corrected chi connectivity index (χ0v) is 19.8. The Balaban J connectivity index is 1.61. The van der Waals surface area contributed by atoms with Gasteiger partial charge in [-0.05, 0) is 66.2 Å². The lowest BCUT2D eigenvalue weighted by atomic mass is 10.1. The molecule has 0 N–H and O–H groups in total. The number of amides is 1. The van der Waals surface area contributed by atoms with Gasteiger partial charge < -0.3 is 9.64 Å². The van der Waals surface area contributed by atoms with Crippen molar-refractivity contribution < 1.29 is 9.53 Å². The minimum absolute atomic E-state index is 0.146. The van der Waals surface area contributed by atoms with E-state index >= 15 is 0 Å². The number of methoxy groups -OCH3 is 1. The van der Waals surface area contributed by atoms with E-state index in [1.54, 1.807) is 41.8 Å². The maximum Gasteiger partial charge on any atom is 0.266 e. The molecule has 35 heavy (non-hydrogen) atoms. The lowest BCUT2D eigenvalue weighted by Crippen LogP contribution is -2.34. The van der Waals surface area contributed by atoms with Crippen molar-refractivity contribution in [2.45, 2.75) is 13.0 Å². The summed E-state index contributed by atoms with van der Waals surface area (Å²) in [4.78, 5) is 33.5. The van der Waals surface area contributed by atoms with E-state index in [0.29, 0.717) is 33.7 Å². The summed E-state index contributed by atoms with van der Waals surface area (Å²) in [6.07, 6.45) is 0. The summed E-state index contributed by atoms with van der Waals surface area (Å²) in [5.74, 6) is 1.02. The normalized spacial score (nSPS) is 12.0. The maximum absolute atomic E-state index is 13.6. The third-order valence-corrected chi connectivity index (χ3v) is 6.40. The Kier molecular flexibility index (Phi) is 5.79. The molecule has 174 valence electrons. The number of carbonyl (C=O) groups is 1. The van der Waals surface area contributed by atoms with Gasteiger partial charge in [0.15, 0.2) is 0 Å². The van der Waals surface area contributed by atoms with E-state index < -0.39 is 6.04 Å². The first-order valence-corrected chi connectivity index (χ1v) is 11.4. The average Bonchev–Trinajstić information content (AvgIpc) is 2.91. The van der Waals surface area contributed by atoms with Crippen molar-refractivity contribution in [3.63, 3.8) is 0 Å². The molecule has 1 atom stereocenters. The van der Waals surface area contributed by atoms with Crippen LogP contribution in [-0.2, 0) is 0 Å².